The Morgan fingerprint density at radius 1 is 1.12 bits per heavy atom. The van der Waals surface area contributed by atoms with E-state index in [1.54, 1.807) is 12.1 Å². The number of hydrogen-bond acceptors (Lipinski definition) is 3. The van der Waals surface area contributed by atoms with Gasteiger partial charge in [0.2, 0.25) is 5.91 Å². The lowest BCUT2D eigenvalue weighted by Crippen LogP contribution is -2.36. The number of nitrogens with one attached hydrogen (secondary N) is 2. The molecule has 33 heavy (non-hydrogen) atoms. The van der Waals surface area contributed by atoms with Crippen molar-refractivity contribution < 1.29 is 13.9 Å². The Labute approximate surface area is 195 Å². The van der Waals surface area contributed by atoms with Crippen molar-refractivity contribution in [2.75, 3.05) is 32.8 Å². The Bertz CT molecular complexity index is 1010. The van der Waals surface area contributed by atoms with Gasteiger partial charge >= 0.3 is 0 Å². The number of rotatable bonds is 11. The van der Waals surface area contributed by atoms with Gasteiger partial charge in [-0.25, -0.2) is 4.39 Å². The van der Waals surface area contributed by atoms with E-state index in [1.807, 2.05) is 0 Å². The minimum atomic E-state index is -0.271. The number of amides is 1. The number of aromatic nitrogens is 1. The molecule has 1 amide bonds. The molecular formula is C27H34FN3O2. The van der Waals surface area contributed by atoms with E-state index in [0.717, 1.165) is 38.0 Å². The fraction of sp³-hybridized carbons (Fsp3) is 0.444. The van der Waals surface area contributed by atoms with Crippen molar-refractivity contribution in [2.24, 2.45) is 5.92 Å². The van der Waals surface area contributed by atoms with Crippen LogP contribution in [0.1, 0.15) is 36.8 Å². The summed E-state index contributed by atoms with van der Waals surface area (Å²) in [6.07, 6.45) is 7.86. The highest BCUT2D eigenvalue weighted by Gasteiger charge is 2.19. The number of ether oxygens (including phenoxy) is 1. The number of benzene rings is 2. The van der Waals surface area contributed by atoms with Crippen LogP contribution in [0.4, 0.5) is 4.39 Å². The normalized spacial score (nSPS) is 15.2. The molecular weight excluding hydrogens is 417 g/mol. The van der Waals surface area contributed by atoms with Gasteiger partial charge in [-0.3, -0.25) is 4.79 Å². The van der Waals surface area contributed by atoms with Crippen molar-refractivity contribution in [3.63, 3.8) is 0 Å². The number of para-hydroxylation sites is 1. The van der Waals surface area contributed by atoms with Crippen LogP contribution in [-0.4, -0.2) is 48.6 Å². The number of piperidine rings is 1. The lowest BCUT2D eigenvalue weighted by atomic mass is 9.93. The predicted octanol–water partition coefficient (Wildman–Crippen LogP) is 4.67. The summed E-state index contributed by atoms with van der Waals surface area (Å²) in [4.78, 5) is 17.9. The van der Waals surface area contributed by atoms with Crippen molar-refractivity contribution >= 4 is 16.8 Å². The summed E-state index contributed by atoms with van der Waals surface area (Å²) >= 11 is 0. The maximum Gasteiger partial charge on any atom is 0.246 e. The third-order valence-electron chi connectivity index (χ3n) is 6.59. The molecule has 3 aromatic rings. The molecule has 1 aliphatic rings. The van der Waals surface area contributed by atoms with Crippen LogP contribution in [0.5, 0.6) is 0 Å². The zero-order valence-electron chi connectivity index (χ0n) is 19.2. The van der Waals surface area contributed by atoms with Gasteiger partial charge < -0.3 is 19.9 Å². The molecule has 4 rings (SSSR count). The first kappa shape index (κ1) is 23.5. The molecule has 2 aromatic carbocycles. The Morgan fingerprint density at radius 3 is 2.73 bits per heavy atom. The van der Waals surface area contributed by atoms with E-state index in [2.05, 4.69) is 45.7 Å². The monoisotopic (exact) mass is 451 g/mol. The lowest BCUT2D eigenvalue weighted by molar-refractivity contribution is -0.126. The van der Waals surface area contributed by atoms with Gasteiger partial charge in [0.15, 0.2) is 0 Å². The first-order chi connectivity index (χ1) is 16.2. The van der Waals surface area contributed by atoms with Gasteiger partial charge in [0, 0.05) is 23.6 Å². The number of halogens is 1. The Morgan fingerprint density at radius 2 is 1.91 bits per heavy atom. The molecule has 0 radical (unpaired) electrons. The summed E-state index contributed by atoms with van der Waals surface area (Å²) in [7, 11) is 0. The van der Waals surface area contributed by atoms with E-state index in [-0.39, 0.29) is 18.3 Å². The van der Waals surface area contributed by atoms with Gasteiger partial charge in [-0.1, -0.05) is 30.3 Å². The van der Waals surface area contributed by atoms with Crippen LogP contribution < -0.4 is 5.32 Å². The molecule has 0 spiro atoms. The quantitative estimate of drug-likeness (QED) is 0.445. The topological polar surface area (TPSA) is 57.4 Å². The van der Waals surface area contributed by atoms with Crippen LogP contribution in [0.2, 0.25) is 0 Å². The standard InChI is InChI=1S/C27H34FN3O2/c28-24-9-7-22(8-10-24)19-33-20-27(32)29-14-11-21-12-16-31(17-13-21)15-3-4-23-18-30-26-6-2-1-5-25(23)26/h1-2,5-10,18,21,30H,3-4,11-17,19-20H2,(H,29,32). The number of aromatic amines is 1. The molecule has 6 heteroatoms. The van der Waals surface area contributed by atoms with Gasteiger partial charge in [-0.15, -0.1) is 0 Å². The largest absolute Gasteiger partial charge is 0.367 e. The van der Waals surface area contributed by atoms with Crippen LogP contribution in [0.3, 0.4) is 0 Å². The van der Waals surface area contributed by atoms with Crippen molar-refractivity contribution in [1.82, 2.24) is 15.2 Å². The maximum absolute atomic E-state index is 12.9. The highest BCUT2D eigenvalue weighted by Crippen LogP contribution is 2.22. The van der Waals surface area contributed by atoms with E-state index in [9.17, 15) is 9.18 Å². The van der Waals surface area contributed by atoms with Gasteiger partial charge in [-0.05, 0) is 87.0 Å². The zero-order valence-corrected chi connectivity index (χ0v) is 19.2. The van der Waals surface area contributed by atoms with Gasteiger partial charge in [0.05, 0.1) is 6.61 Å². The average molecular weight is 452 g/mol. The summed E-state index contributed by atoms with van der Waals surface area (Å²) in [6, 6.07) is 14.6. The number of aryl methyl sites for hydroxylation is 1. The lowest BCUT2D eigenvalue weighted by Gasteiger charge is -2.32. The van der Waals surface area contributed by atoms with E-state index < -0.39 is 0 Å². The first-order valence-electron chi connectivity index (χ1n) is 12.0. The van der Waals surface area contributed by atoms with Crippen molar-refractivity contribution in [3.05, 3.63) is 71.7 Å². The summed E-state index contributed by atoms with van der Waals surface area (Å²) in [6.45, 7) is 4.48. The minimum Gasteiger partial charge on any atom is -0.367 e. The summed E-state index contributed by atoms with van der Waals surface area (Å²) in [5.74, 6) is 0.315. The number of nitrogens with zero attached hydrogens (tertiary/aromatic N) is 1. The number of carbonyl (C=O) groups excluding carboxylic acids is 1. The van der Waals surface area contributed by atoms with Gasteiger partial charge in [0.25, 0.3) is 0 Å². The Kier molecular flexibility index (Phi) is 8.50. The molecule has 1 saturated heterocycles. The fourth-order valence-electron chi connectivity index (χ4n) is 4.64. The number of H-pyrrole nitrogens is 1. The fourth-order valence-corrected chi connectivity index (χ4v) is 4.64. The third-order valence-corrected chi connectivity index (χ3v) is 6.59. The number of carbonyl (C=O) groups is 1. The second-order valence-electron chi connectivity index (χ2n) is 9.01. The van der Waals surface area contributed by atoms with Gasteiger partial charge in [0.1, 0.15) is 12.4 Å². The van der Waals surface area contributed by atoms with Crippen LogP contribution in [0.15, 0.2) is 54.7 Å². The number of fused-ring (bicyclic) bond motifs is 1. The van der Waals surface area contributed by atoms with E-state index in [1.165, 1.54) is 47.9 Å². The van der Waals surface area contributed by atoms with Crippen LogP contribution in [0.25, 0.3) is 10.9 Å². The van der Waals surface area contributed by atoms with Crippen molar-refractivity contribution in [1.29, 1.82) is 0 Å². The number of likely N-dealkylation sites (tertiary alicyclic amines) is 1. The minimum absolute atomic E-state index is 0.0340. The summed E-state index contributed by atoms with van der Waals surface area (Å²) in [5, 5.41) is 4.31. The van der Waals surface area contributed by atoms with Crippen molar-refractivity contribution in [2.45, 2.75) is 38.7 Å². The molecule has 176 valence electrons. The zero-order chi connectivity index (χ0) is 22.9. The molecule has 1 aliphatic heterocycles. The molecule has 0 unspecified atom stereocenters. The molecule has 0 aliphatic carbocycles. The molecule has 5 nitrogen and oxygen atoms in total. The van der Waals surface area contributed by atoms with Crippen LogP contribution >= 0.6 is 0 Å². The second-order valence-corrected chi connectivity index (χ2v) is 9.01. The second kappa shape index (κ2) is 12.0. The number of hydrogen-bond donors (Lipinski definition) is 2. The molecule has 1 aromatic heterocycles. The van der Waals surface area contributed by atoms with E-state index >= 15 is 0 Å². The average Bonchev–Trinajstić information content (AvgIpc) is 3.25. The SMILES string of the molecule is O=C(COCc1ccc(F)cc1)NCCC1CCN(CCCc2c[nH]c3ccccc23)CC1. The first-order valence-corrected chi connectivity index (χ1v) is 12.0. The predicted molar refractivity (Wildman–Crippen MR) is 129 cm³/mol. The molecule has 0 bridgehead atoms. The molecule has 1 fully saturated rings. The summed E-state index contributed by atoms with van der Waals surface area (Å²) < 4.78 is 18.3. The van der Waals surface area contributed by atoms with E-state index in [4.69, 9.17) is 4.74 Å². The highest BCUT2D eigenvalue weighted by molar-refractivity contribution is 5.83. The van der Waals surface area contributed by atoms with Crippen molar-refractivity contribution in [3.8, 4) is 0 Å². The Balaban J connectivity index is 1.04. The summed E-state index contributed by atoms with van der Waals surface area (Å²) in [5.41, 5.74) is 3.50. The third kappa shape index (κ3) is 7.14. The van der Waals surface area contributed by atoms with Crippen LogP contribution in [-0.2, 0) is 22.6 Å². The molecule has 2 N–H and O–H groups in total. The smallest absolute Gasteiger partial charge is 0.246 e. The Hall–Kier alpha value is -2.70. The molecule has 2 heterocycles. The molecule has 0 atom stereocenters. The molecule has 0 saturated carbocycles. The highest BCUT2D eigenvalue weighted by atomic mass is 19.1. The van der Waals surface area contributed by atoms with E-state index in [0.29, 0.717) is 19.1 Å². The van der Waals surface area contributed by atoms with Crippen LogP contribution in [0, 0.1) is 11.7 Å². The van der Waals surface area contributed by atoms with Gasteiger partial charge in [-0.2, -0.15) is 0 Å². The maximum atomic E-state index is 12.9.